The van der Waals surface area contributed by atoms with Gasteiger partial charge < -0.3 is 5.11 Å². The van der Waals surface area contributed by atoms with Crippen LogP contribution in [0.4, 0.5) is 0 Å². The van der Waals surface area contributed by atoms with Gasteiger partial charge in [-0.3, -0.25) is 4.79 Å². The van der Waals surface area contributed by atoms with Crippen molar-refractivity contribution in [3.05, 3.63) is 0 Å². The zero-order valence-corrected chi connectivity index (χ0v) is 13.6. The fourth-order valence-electron chi connectivity index (χ4n) is 2.76. The van der Waals surface area contributed by atoms with Gasteiger partial charge in [0, 0.05) is 19.6 Å². The van der Waals surface area contributed by atoms with Crippen LogP contribution in [0.25, 0.3) is 0 Å². The van der Waals surface area contributed by atoms with E-state index in [9.17, 15) is 13.2 Å². The molecule has 0 aromatic carbocycles. The van der Waals surface area contributed by atoms with Gasteiger partial charge in [0.1, 0.15) is 6.54 Å². The van der Waals surface area contributed by atoms with Crippen molar-refractivity contribution in [1.29, 1.82) is 0 Å². The molecule has 1 heterocycles. The standard InChI is InChI=1S/C13H26N2O4S/c1-10(2)6-14(9-13(16)17)20(18,19)15-7-11(3)5-12(4)8-15/h10-12H,5-9H2,1-4H3,(H,16,17). The predicted molar refractivity (Wildman–Crippen MR) is 77.5 cm³/mol. The van der Waals surface area contributed by atoms with Crippen LogP contribution in [0.2, 0.25) is 0 Å². The lowest BCUT2D eigenvalue weighted by molar-refractivity contribution is -0.137. The summed E-state index contributed by atoms with van der Waals surface area (Å²) < 4.78 is 27.8. The van der Waals surface area contributed by atoms with Crippen LogP contribution in [0.15, 0.2) is 0 Å². The van der Waals surface area contributed by atoms with Crippen LogP contribution >= 0.6 is 0 Å². The van der Waals surface area contributed by atoms with Crippen molar-refractivity contribution in [3.8, 4) is 0 Å². The maximum absolute atomic E-state index is 12.6. The molecular weight excluding hydrogens is 280 g/mol. The fourth-order valence-corrected chi connectivity index (χ4v) is 4.73. The quantitative estimate of drug-likeness (QED) is 0.801. The maximum atomic E-state index is 12.6. The van der Waals surface area contributed by atoms with Crippen molar-refractivity contribution in [2.45, 2.75) is 34.1 Å². The maximum Gasteiger partial charge on any atom is 0.318 e. The number of hydrogen-bond acceptors (Lipinski definition) is 3. The third kappa shape index (κ3) is 4.71. The smallest absolute Gasteiger partial charge is 0.318 e. The van der Waals surface area contributed by atoms with E-state index in [2.05, 4.69) is 0 Å². The van der Waals surface area contributed by atoms with Crippen LogP contribution in [-0.4, -0.2) is 54.3 Å². The second-order valence-electron chi connectivity index (χ2n) is 6.35. The second kappa shape index (κ2) is 6.87. The number of rotatable bonds is 6. The molecule has 20 heavy (non-hydrogen) atoms. The summed E-state index contributed by atoms with van der Waals surface area (Å²) in [5.41, 5.74) is 0. The van der Waals surface area contributed by atoms with Gasteiger partial charge in [0.15, 0.2) is 0 Å². The van der Waals surface area contributed by atoms with Gasteiger partial charge in [-0.25, -0.2) is 0 Å². The van der Waals surface area contributed by atoms with E-state index in [1.54, 1.807) is 0 Å². The van der Waals surface area contributed by atoms with Gasteiger partial charge >= 0.3 is 5.97 Å². The van der Waals surface area contributed by atoms with Crippen LogP contribution in [0.1, 0.15) is 34.1 Å². The van der Waals surface area contributed by atoms with Crippen LogP contribution in [0, 0.1) is 17.8 Å². The largest absolute Gasteiger partial charge is 0.480 e. The number of nitrogens with zero attached hydrogens (tertiary/aromatic N) is 2. The minimum absolute atomic E-state index is 0.0868. The van der Waals surface area contributed by atoms with E-state index in [4.69, 9.17) is 5.11 Å². The topological polar surface area (TPSA) is 77.9 Å². The summed E-state index contributed by atoms with van der Waals surface area (Å²) in [6, 6.07) is 0. The normalized spacial score (nSPS) is 25.3. The molecule has 1 N–H and O–H groups in total. The van der Waals surface area contributed by atoms with Crippen molar-refractivity contribution in [2.24, 2.45) is 17.8 Å². The highest BCUT2D eigenvalue weighted by Crippen LogP contribution is 2.25. The molecule has 2 atom stereocenters. The molecule has 0 saturated carbocycles. The third-order valence-electron chi connectivity index (χ3n) is 3.37. The summed E-state index contributed by atoms with van der Waals surface area (Å²) in [7, 11) is -3.69. The molecule has 0 aromatic rings. The van der Waals surface area contributed by atoms with Crippen LogP contribution < -0.4 is 0 Å². The summed E-state index contributed by atoms with van der Waals surface area (Å²) in [6.07, 6.45) is 1.01. The summed E-state index contributed by atoms with van der Waals surface area (Å²) in [5, 5.41) is 8.94. The van der Waals surface area contributed by atoms with E-state index in [0.717, 1.165) is 10.7 Å². The SMILES string of the molecule is CC(C)CN(CC(=O)O)S(=O)(=O)N1CC(C)CC(C)C1. The number of piperidine rings is 1. The van der Waals surface area contributed by atoms with Crippen LogP contribution in [0.5, 0.6) is 0 Å². The highest BCUT2D eigenvalue weighted by atomic mass is 32.2. The molecular formula is C13H26N2O4S. The number of hydrogen-bond donors (Lipinski definition) is 1. The molecule has 6 nitrogen and oxygen atoms in total. The number of carboxylic acid groups (broad SMARTS) is 1. The molecule has 1 aliphatic rings. The fraction of sp³-hybridized carbons (Fsp3) is 0.923. The molecule has 1 fully saturated rings. The Hall–Kier alpha value is -0.660. The number of aliphatic carboxylic acids is 1. The van der Waals surface area contributed by atoms with Gasteiger partial charge in [-0.05, 0) is 24.2 Å². The Balaban J connectivity index is 2.93. The van der Waals surface area contributed by atoms with E-state index >= 15 is 0 Å². The van der Waals surface area contributed by atoms with Crippen molar-refractivity contribution in [3.63, 3.8) is 0 Å². The first-order valence-electron chi connectivity index (χ1n) is 7.10. The molecule has 0 amide bonds. The molecule has 1 rings (SSSR count). The van der Waals surface area contributed by atoms with Gasteiger partial charge in [0.05, 0.1) is 0 Å². The molecule has 0 spiro atoms. The van der Waals surface area contributed by atoms with Gasteiger partial charge in [0.25, 0.3) is 10.2 Å². The van der Waals surface area contributed by atoms with Gasteiger partial charge in [-0.15, -0.1) is 0 Å². The highest BCUT2D eigenvalue weighted by Gasteiger charge is 2.35. The van der Waals surface area contributed by atoms with Crippen molar-refractivity contribution in [1.82, 2.24) is 8.61 Å². The third-order valence-corrected chi connectivity index (χ3v) is 5.25. The summed E-state index contributed by atoms with van der Waals surface area (Å²) in [5.74, 6) is -0.422. The summed E-state index contributed by atoms with van der Waals surface area (Å²) in [6.45, 7) is 8.53. The first kappa shape index (κ1) is 17.4. The molecule has 0 aromatic heterocycles. The monoisotopic (exact) mass is 306 g/mol. The molecule has 1 aliphatic heterocycles. The molecule has 7 heteroatoms. The highest BCUT2D eigenvalue weighted by molar-refractivity contribution is 7.86. The van der Waals surface area contributed by atoms with Gasteiger partial charge in [0.2, 0.25) is 0 Å². The summed E-state index contributed by atoms with van der Waals surface area (Å²) >= 11 is 0. The van der Waals surface area contributed by atoms with E-state index in [0.29, 0.717) is 24.9 Å². The average Bonchev–Trinajstić information content (AvgIpc) is 2.25. The second-order valence-corrected chi connectivity index (χ2v) is 8.28. The lowest BCUT2D eigenvalue weighted by Crippen LogP contribution is -2.51. The first-order chi connectivity index (χ1) is 9.12. The Bertz CT molecular complexity index is 426. The minimum atomic E-state index is -3.69. The van der Waals surface area contributed by atoms with Crippen molar-refractivity contribution in [2.75, 3.05) is 26.2 Å². The molecule has 118 valence electrons. The van der Waals surface area contributed by atoms with Crippen LogP contribution in [-0.2, 0) is 15.0 Å². The Morgan fingerprint density at radius 3 is 2.20 bits per heavy atom. The molecule has 1 saturated heterocycles. The van der Waals surface area contributed by atoms with Crippen molar-refractivity contribution < 1.29 is 18.3 Å². The zero-order chi connectivity index (χ0) is 15.5. The Labute approximate surface area is 121 Å². The lowest BCUT2D eigenvalue weighted by atomic mass is 9.94. The average molecular weight is 306 g/mol. The molecule has 0 aliphatic carbocycles. The van der Waals surface area contributed by atoms with E-state index in [-0.39, 0.29) is 12.5 Å². The number of carboxylic acids is 1. The Morgan fingerprint density at radius 2 is 1.80 bits per heavy atom. The predicted octanol–water partition coefficient (Wildman–Crippen LogP) is 1.25. The van der Waals surface area contributed by atoms with Gasteiger partial charge in [-0.2, -0.15) is 17.0 Å². The molecule has 0 bridgehead atoms. The minimum Gasteiger partial charge on any atom is -0.480 e. The van der Waals surface area contributed by atoms with E-state index in [1.807, 2.05) is 27.7 Å². The van der Waals surface area contributed by atoms with Gasteiger partial charge in [-0.1, -0.05) is 27.7 Å². The first-order valence-corrected chi connectivity index (χ1v) is 8.49. The zero-order valence-electron chi connectivity index (χ0n) is 12.7. The van der Waals surface area contributed by atoms with Crippen molar-refractivity contribution >= 4 is 16.2 Å². The molecule has 2 unspecified atom stereocenters. The Kier molecular flexibility index (Phi) is 5.97. The van der Waals surface area contributed by atoms with Crippen LogP contribution in [0.3, 0.4) is 0 Å². The van der Waals surface area contributed by atoms with E-state index in [1.165, 1.54) is 4.31 Å². The lowest BCUT2D eigenvalue weighted by Gasteiger charge is -2.37. The number of carbonyl (C=O) groups is 1. The Morgan fingerprint density at radius 1 is 1.30 bits per heavy atom. The molecule has 0 radical (unpaired) electrons. The van der Waals surface area contributed by atoms with E-state index < -0.39 is 22.7 Å². The summed E-state index contributed by atoms with van der Waals surface area (Å²) in [4.78, 5) is 10.9.